The van der Waals surface area contributed by atoms with Crippen LogP contribution in [0.2, 0.25) is 0 Å². The van der Waals surface area contributed by atoms with Gasteiger partial charge >= 0.3 is 5.97 Å². The molecule has 114 valence electrons. The SMILES string of the molecule is CCCCOC(=O)c1ccc(NC(=O)[C@H]2CCCN2)cc1. The van der Waals surface area contributed by atoms with Crippen LogP contribution in [-0.4, -0.2) is 31.1 Å². The largest absolute Gasteiger partial charge is 0.462 e. The van der Waals surface area contributed by atoms with E-state index in [1.165, 1.54) is 0 Å². The van der Waals surface area contributed by atoms with E-state index in [9.17, 15) is 9.59 Å². The van der Waals surface area contributed by atoms with Gasteiger partial charge in [-0.3, -0.25) is 4.79 Å². The first kappa shape index (κ1) is 15.5. The van der Waals surface area contributed by atoms with E-state index in [4.69, 9.17) is 4.74 Å². The van der Waals surface area contributed by atoms with Crippen molar-refractivity contribution >= 4 is 17.6 Å². The van der Waals surface area contributed by atoms with Crippen LogP contribution in [0.5, 0.6) is 0 Å². The van der Waals surface area contributed by atoms with E-state index in [1.54, 1.807) is 24.3 Å². The Labute approximate surface area is 125 Å². The Hall–Kier alpha value is -1.88. The second-order valence-corrected chi connectivity index (χ2v) is 5.21. The maximum Gasteiger partial charge on any atom is 0.338 e. The molecule has 1 aromatic rings. The third kappa shape index (κ3) is 4.56. The van der Waals surface area contributed by atoms with Crippen LogP contribution in [0.1, 0.15) is 43.0 Å². The molecule has 1 aliphatic heterocycles. The predicted octanol–water partition coefficient (Wildman–Crippen LogP) is 2.33. The number of rotatable bonds is 6. The first-order valence-electron chi connectivity index (χ1n) is 7.52. The van der Waals surface area contributed by atoms with Crippen molar-refractivity contribution in [3.05, 3.63) is 29.8 Å². The number of ether oxygens (including phenoxy) is 1. The summed E-state index contributed by atoms with van der Waals surface area (Å²) in [4.78, 5) is 23.7. The average Bonchev–Trinajstić information content (AvgIpc) is 3.02. The van der Waals surface area contributed by atoms with Crippen LogP contribution in [0.25, 0.3) is 0 Å². The maximum atomic E-state index is 11.9. The minimum atomic E-state index is -0.321. The summed E-state index contributed by atoms with van der Waals surface area (Å²) in [5.74, 6) is -0.343. The van der Waals surface area contributed by atoms with E-state index < -0.39 is 0 Å². The van der Waals surface area contributed by atoms with Gasteiger partial charge in [-0.1, -0.05) is 13.3 Å². The van der Waals surface area contributed by atoms with Crippen molar-refractivity contribution in [1.82, 2.24) is 5.32 Å². The minimum absolute atomic E-state index is 0.0224. The van der Waals surface area contributed by atoms with Gasteiger partial charge in [0, 0.05) is 5.69 Å². The van der Waals surface area contributed by atoms with Crippen molar-refractivity contribution < 1.29 is 14.3 Å². The number of benzene rings is 1. The zero-order valence-electron chi connectivity index (χ0n) is 12.4. The van der Waals surface area contributed by atoms with Gasteiger partial charge < -0.3 is 15.4 Å². The van der Waals surface area contributed by atoms with Crippen molar-refractivity contribution in [2.24, 2.45) is 0 Å². The Morgan fingerprint density at radius 2 is 2.10 bits per heavy atom. The second kappa shape index (κ2) is 7.78. The van der Waals surface area contributed by atoms with Gasteiger partial charge in [-0.25, -0.2) is 4.79 Å². The summed E-state index contributed by atoms with van der Waals surface area (Å²) < 4.78 is 5.13. The molecule has 0 unspecified atom stereocenters. The lowest BCUT2D eigenvalue weighted by molar-refractivity contribution is -0.117. The molecule has 2 N–H and O–H groups in total. The molecule has 1 aliphatic rings. The van der Waals surface area contributed by atoms with Crippen LogP contribution in [0.4, 0.5) is 5.69 Å². The molecule has 5 heteroatoms. The van der Waals surface area contributed by atoms with Gasteiger partial charge in [0.2, 0.25) is 5.91 Å². The number of esters is 1. The molecule has 1 atom stereocenters. The third-order valence-electron chi connectivity index (χ3n) is 3.50. The number of anilines is 1. The zero-order valence-corrected chi connectivity index (χ0v) is 12.4. The van der Waals surface area contributed by atoms with Crippen molar-refractivity contribution in [2.75, 3.05) is 18.5 Å². The molecular weight excluding hydrogens is 268 g/mol. The number of nitrogens with one attached hydrogen (secondary N) is 2. The fourth-order valence-corrected chi connectivity index (χ4v) is 2.22. The van der Waals surface area contributed by atoms with Crippen LogP contribution < -0.4 is 10.6 Å². The van der Waals surface area contributed by atoms with Gasteiger partial charge in [-0.2, -0.15) is 0 Å². The molecule has 0 aliphatic carbocycles. The van der Waals surface area contributed by atoms with Crippen molar-refractivity contribution in [3.63, 3.8) is 0 Å². The van der Waals surface area contributed by atoms with E-state index in [2.05, 4.69) is 10.6 Å². The molecule has 21 heavy (non-hydrogen) atoms. The van der Waals surface area contributed by atoms with Gasteiger partial charge in [0.05, 0.1) is 18.2 Å². The van der Waals surface area contributed by atoms with Crippen LogP contribution in [-0.2, 0) is 9.53 Å². The Kier molecular flexibility index (Phi) is 5.75. The lowest BCUT2D eigenvalue weighted by Crippen LogP contribution is -2.35. The van der Waals surface area contributed by atoms with E-state index in [-0.39, 0.29) is 17.9 Å². The molecular formula is C16H22N2O3. The van der Waals surface area contributed by atoms with E-state index >= 15 is 0 Å². The summed E-state index contributed by atoms with van der Waals surface area (Å²) in [6, 6.07) is 6.69. The number of hydrogen-bond donors (Lipinski definition) is 2. The summed E-state index contributed by atoms with van der Waals surface area (Å²) in [7, 11) is 0. The highest BCUT2D eigenvalue weighted by Gasteiger charge is 2.21. The molecule has 0 radical (unpaired) electrons. The molecule has 0 saturated carbocycles. The Balaban J connectivity index is 1.86. The van der Waals surface area contributed by atoms with Gasteiger partial charge in [0.1, 0.15) is 0 Å². The van der Waals surface area contributed by atoms with Crippen LogP contribution >= 0.6 is 0 Å². The predicted molar refractivity (Wildman–Crippen MR) is 81.3 cm³/mol. The van der Waals surface area contributed by atoms with Crippen molar-refractivity contribution in [1.29, 1.82) is 0 Å². The van der Waals surface area contributed by atoms with Crippen LogP contribution in [0, 0.1) is 0 Å². The molecule has 0 aromatic heterocycles. The standard InChI is InChI=1S/C16H22N2O3/c1-2-3-11-21-16(20)12-6-8-13(9-7-12)18-15(19)14-5-4-10-17-14/h6-9,14,17H,2-5,10-11H2,1H3,(H,18,19)/t14-/m1/s1. The summed E-state index contributed by atoms with van der Waals surface area (Å²) in [5.41, 5.74) is 1.20. The normalized spacial score (nSPS) is 17.5. The average molecular weight is 290 g/mol. The number of unbranched alkanes of at least 4 members (excludes halogenated alkanes) is 1. The first-order chi connectivity index (χ1) is 10.2. The molecule has 0 bridgehead atoms. The Morgan fingerprint density at radius 1 is 1.33 bits per heavy atom. The Morgan fingerprint density at radius 3 is 2.71 bits per heavy atom. The van der Waals surface area contributed by atoms with E-state index in [0.29, 0.717) is 17.9 Å². The summed E-state index contributed by atoms with van der Waals surface area (Å²) in [5, 5.41) is 6.00. The molecule has 1 heterocycles. The maximum absolute atomic E-state index is 11.9. The highest BCUT2D eigenvalue weighted by atomic mass is 16.5. The first-order valence-corrected chi connectivity index (χ1v) is 7.52. The van der Waals surface area contributed by atoms with Gasteiger partial charge in [0.25, 0.3) is 0 Å². The molecule has 5 nitrogen and oxygen atoms in total. The van der Waals surface area contributed by atoms with Crippen LogP contribution in [0.15, 0.2) is 24.3 Å². The number of amides is 1. The number of carbonyl (C=O) groups excluding carboxylic acids is 2. The number of hydrogen-bond acceptors (Lipinski definition) is 4. The number of carbonyl (C=O) groups is 2. The Bertz CT molecular complexity index is 479. The minimum Gasteiger partial charge on any atom is -0.462 e. The molecule has 1 amide bonds. The summed E-state index contributed by atoms with van der Waals surface area (Å²) in [6.45, 7) is 3.38. The van der Waals surface area contributed by atoms with Crippen LogP contribution in [0.3, 0.4) is 0 Å². The monoisotopic (exact) mass is 290 g/mol. The summed E-state index contributed by atoms with van der Waals surface area (Å²) in [6.07, 6.45) is 3.76. The molecule has 1 aromatic carbocycles. The van der Waals surface area contributed by atoms with Crippen molar-refractivity contribution in [3.8, 4) is 0 Å². The van der Waals surface area contributed by atoms with Gasteiger partial charge in [-0.15, -0.1) is 0 Å². The highest BCUT2D eigenvalue weighted by Crippen LogP contribution is 2.13. The second-order valence-electron chi connectivity index (χ2n) is 5.21. The third-order valence-corrected chi connectivity index (χ3v) is 3.50. The fraction of sp³-hybridized carbons (Fsp3) is 0.500. The summed E-state index contributed by atoms with van der Waals surface area (Å²) >= 11 is 0. The zero-order chi connectivity index (χ0) is 15.1. The molecule has 2 rings (SSSR count). The van der Waals surface area contributed by atoms with Gasteiger partial charge in [-0.05, 0) is 50.1 Å². The molecule has 1 saturated heterocycles. The van der Waals surface area contributed by atoms with E-state index in [1.807, 2.05) is 6.92 Å². The topological polar surface area (TPSA) is 67.4 Å². The lowest BCUT2D eigenvalue weighted by Gasteiger charge is -2.11. The molecule has 0 spiro atoms. The lowest BCUT2D eigenvalue weighted by atomic mass is 10.2. The van der Waals surface area contributed by atoms with Crippen molar-refractivity contribution in [2.45, 2.75) is 38.6 Å². The van der Waals surface area contributed by atoms with Gasteiger partial charge in [0.15, 0.2) is 0 Å². The van der Waals surface area contributed by atoms with E-state index in [0.717, 1.165) is 32.2 Å². The molecule has 1 fully saturated rings. The fourth-order valence-electron chi connectivity index (χ4n) is 2.22. The highest BCUT2D eigenvalue weighted by molar-refractivity contribution is 5.96. The quantitative estimate of drug-likeness (QED) is 0.623. The smallest absolute Gasteiger partial charge is 0.338 e.